The molecule has 1 aliphatic heterocycles. The second-order valence-corrected chi connectivity index (χ2v) is 6.75. The van der Waals surface area contributed by atoms with Gasteiger partial charge < -0.3 is 11.1 Å². The highest BCUT2D eigenvalue weighted by molar-refractivity contribution is 6.40. The summed E-state index contributed by atoms with van der Waals surface area (Å²) >= 11 is 12.2. The Hall–Kier alpha value is -0.970. The molecule has 2 rings (SSSR count). The van der Waals surface area contributed by atoms with Gasteiger partial charge >= 0.3 is 0 Å². The molecule has 0 aliphatic carbocycles. The number of rotatable bonds is 3. The van der Waals surface area contributed by atoms with E-state index >= 15 is 0 Å². The number of likely N-dealkylation sites (tertiary alicyclic amines) is 1. The second kappa shape index (κ2) is 6.42. The zero-order valence-electron chi connectivity index (χ0n) is 12.5. The minimum Gasteiger partial charge on any atom is -0.399 e. The molecule has 1 saturated heterocycles. The molecule has 0 aromatic heterocycles. The van der Waals surface area contributed by atoms with E-state index in [-0.39, 0.29) is 11.9 Å². The van der Waals surface area contributed by atoms with Crippen molar-refractivity contribution in [3.05, 3.63) is 22.2 Å². The standard InChI is InChI=1S/C15H21Cl2N3O/c1-8-6-20(7-9(8)2)10(3)15(21)19-14-12(16)4-11(18)5-13(14)17/h4-5,8-10H,6-7,18H2,1-3H3,(H,19,21). The highest BCUT2D eigenvalue weighted by Gasteiger charge is 2.32. The number of hydrogen-bond donors (Lipinski definition) is 2. The van der Waals surface area contributed by atoms with Crippen LogP contribution in [0.5, 0.6) is 0 Å². The number of carbonyl (C=O) groups excluding carboxylic acids is 1. The summed E-state index contributed by atoms with van der Waals surface area (Å²) in [4.78, 5) is 14.6. The van der Waals surface area contributed by atoms with Crippen molar-refractivity contribution in [3.63, 3.8) is 0 Å². The van der Waals surface area contributed by atoms with Crippen LogP contribution in [0.15, 0.2) is 12.1 Å². The van der Waals surface area contributed by atoms with Crippen molar-refractivity contribution in [1.29, 1.82) is 0 Å². The Morgan fingerprint density at radius 3 is 2.24 bits per heavy atom. The van der Waals surface area contributed by atoms with Crippen LogP contribution in [0.2, 0.25) is 10.0 Å². The Balaban J connectivity index is 2.08. The predicted octanol–water partition coefficient (Wildman–Crippen LogP) is 3.49. The second-order valence-electron chi connectivity index (χ2n) is 5.93. The Bertz CT molecular complexity index is 517. The van der Waals surface area contributed by atoms with Crippen LogP contribution >= 0.6 is 23.2 Å². The molecule has 4 nitrogen and oxygen atoms in total. The zero-order chi connectivity index (χ0) is 15.7. The topological polar surface area (TPSA) is 58.4 Å². The first kappa shape index (κ1) is 16.4. The summed E-state index contributed by atoms with van der Waals surface area (Å²) in [5.41, 5.74) is 6.55. The number of hydrogen-bond acceptors (Lipinski definition) is 3. The van der Waals surface area contributed by atoms with Crippen LogP contribution in [0.3, 0.4) is 0 Å². The van der Waals surface area contributed by atoms with Crippen molar-refractivity contribution < 1.29 is 4.79 Å². The molecule has 1 aliphatic rings. The van der Waals surface area contributed by atoms with Crippen LogP contribution in [0, 0.1) is 11.8 Å². The van der Waals surface area contributed by atoms with E-state index in [1.54, 1.807) is 12.1 Å². The number of nitrogen functional groups attached to an aromatic ring is 1. The maximum Gasteiger partial charge on any atom is 0.241 e. The average molecular weight is 330 g/mol. The van der Waals surface area contributed by atoms with E-state index in [0.29, 0.717) is 33.3 Å². The van der Waals surface area contributed by atoms with Crippen LogP contribution in [0.25, 0.3) is 0 Å². The molecule has 1 fully saturated rings. The number of carbonyl (C=O) groups is 1. The molecule has 21 heavy (non-hydrogen) atoms. The number of benzene rings is 1. The zero-order valence-corrected chi connectivity index (χ0v) is 14.0. The van der Waals surface area contributed by atoms with Gasteiger partial charge in [0.1, 0.15) is 0 Å². The lowest BCUT2D eigenvalue weighted by Crippen LogP contribution is -2.41. The van der Waals surface area contributed by atoms with E-state index < -0.39 is 0 Å². The van der Waals surface area contributed by atoms with Crippen molar-refractivity contribution in [1.82, 2.24) is 4.90 Å². The number of nitrogens with zero attached hydrogens (tertiary/aromatic N) is 1. The number of amides is 1. The number of nitrogens with one attached hydrogen (secondary N) is 1. The van der Waals surface area contributed by atoms with Gasteiger partial charge in [0.25, 0.3) is 0 Å². The van der Waals surface area contributed by atoms with Gasteiger partial charge in [0.05, 0.1) is 21.8 Å². The van der Waals surface area contributed by atoms with Gasteiger partial charge in [0.2, 0.25) is 5.91 Å². The highest BCUT2D eigenvalue weighted by atomic mass is 35.5. The normalized spacial score (nSPS) is 24.0. The third-order valence-electron chi connectivity index (χ3n) is 4.26. The highest BCUT2D eigenvalue weighted by Crippen LogP contribution is 2.33. The molecule has 1 aromatic rings. The molecular weight excluding hydrogens is 309 g/mol. The van der Waals surface area contributed by atoms with Gasteiger partial charge in [-0.3, -0.25) is 9.69 Å². The molecule has 6 heteroatoms. The quantitative estimate of drug-likeness (QED) is 0.834. The molecule has 1 heterocycles. The molecule has 3 atom stereocenters. The monoisotopic (exact) mass is 329 g/mol. The molecule has 1 amide bonds. The van der Waals surface area contributed by atoms with Gasteiger partial charge in [-0.25, -0.2) is 0 Å². The predicted molar refractivity (Wildman–Crippen MR) is 88.9 cm³/mol. The van der Waals surface area contributed by atoms with E-state index in [1.165, 1.54) is 0 Å². The van der Waals surface area contributed by atoms with Gasteiger partial charge in [-0.2, -0.15) is 0 Å². The summed E-state index contributed by atoms with van der Waals surface area (Å²) in [6.07, 6.45) is 0. The summed E-state index contributed by atoms with van der Waals surface area (Å²) in [6, 6.07) is 2.93. The van der Waals surface area contributed by atoms with Crippen LogP contribution in [-0.2, 0) is 4.79 Å². The fourth-order valence-corrected chi connectivity index (χ4v) is 3.19. The van der Waals surface area contributed by atoms with Crippen LogP contribution in [0.4, 0.5) is 11.4 Å². The third-order valence-corrected chi connectivity index (χ3v) is 4.85. The van der Waals surface area contributed by atoms with E-state index in [0.717, 1.165) is 13.1 Å². The maximum absolute atomic E-state index is 12.4. The minimum absolute atomic E-state index is 0.107. The van der Waals surface area contributed by atoms with E-state index in [1.807, 2.05) is 6.92 Å². The number of anilines is 2. The van der Waals surface area contributed by atoms with Crippen molar-refractivity contribution in [2.45, 2.75) is 26.8 Å². The van der Waals surface area contributed by atoms with Crippen LogP contribution in [0.1, 0.15) is 20.8 Å². The Labute approximate surface area is 135 Å². The van der Waals surface area contributed by atoms with Gasteiger partial charge in [-0.15, -0.1) is 0 Å². The summed E-state index contributed by atoms with van der Waals surface area (Å²) in [5, 5.41) is 3.51. The lowest BCUT2D eigenvalue weighted by molar-refractivity contribution is -0.120. The number of nitrogens with two attached hydrogens (primary N) is 1. The first-order valence-electron chi connectivity index (χ1n) is 7.09. The van der Waals surface area contributed by atoms with Gasteiger partial charge in [0, 0.05) is 18.8 Å². The van der Waals surface area contributed by atoms with Gasteiger partial charge in [0.15, 0.2) is 0 Å². The van der Waals surface area contributed by atoms with E-state index in [9.17, 15) is 4.79 Å². The molecule has 0 radical (unpaired) electrons. The van der Waals surface area contributed by atoms with Crippen LogP contribution in [-0.4, -0.2) is 29.9 Å². The maximum atomic E-state index is 12.4. The molecular formula is C15H21Cl2N3O. The molecule has 116 valence electrons. The molecule has 0 bridgehead atoms. The van der Waals surface area contributed by atoms with Crippen molar-refractivity contribution in [3.8, 4) is 0 Å². The largest absolute Gasteiger partial charge is 0.399 e. The summed E-state index contributed by atoms with van der Waals surface area (Å²) in [7, 11) is 0. The third kappa shape index (κ3) is 3.62. The Kier molecular flexibility index (Phi) is 5.02. The molecule has 0 saturated carbocycles. The van der Waals surface area contributed by atoms with E-state index in [2.05, 4.69) is 24.1 Å². The van der Waals surface area contributed by atoms with E-state index in [4.69, 9.17) is 28.9 Å². The molecule has 1 aromatic carbocycles. The minimum atomic E-state index is -0.220. The summed E-state index contributed by atoms with van der Waals surface area (Å²) in [6.45, 7) is 8.18. The van der Waals surface area contributed by atoms with Crippen molar-refractivity contribution >= 4 is 40.5 Å². The average Bonchev–Trinajstić information content (AvgIpc) is 2.72. The summed E-state index contributed by atoms with van der Waals surface area (Å²) < 4.78 is 0. The smallest absolute Gasteiger partial charge is 0.241 e. The van der Waals surface area contributed by atoms with Crippen molar-refractivity contribution in [2.75, 3.05) is 24.1 Å². The summed E-state index contributed by atoms with van der Waals surface area (Å²) in [5.74, 6) is 1.10. The first-order chi connectivity index (χ1) is 9.79. The van der Waals surface area contributed by atoms with Crippen LogP contribution < -0.4 is 11.1 Å². The molecule has 3 N–H and O–H groups in total. The number of halogens is 2. The first-order valence-corrected chi connectivity index (χ1v) is 7.84. The molecule has 0 spiro atoms. The fraction of sp³-hybridized carbons (Fsp3) is 0.533. The van der Waals surface area contributed by atoms with Gasteiger partial charge in [-0.1, -0.05) is 37.0 Å². The lowest BCUT2D eigenvalue weighted by Gasteiger charge is -2.24. The fourth-order valence-electron chi connectivity index (χ4n) is 2.60. The lowest BCUT2D eigenvalue weighted by atomic mass is 10.0. The van der Waals surface area contributed by atoms with Gasteiger partial charge in [-0.05, 0) is 30.9 Å². The SMILES string of the molecule is CC1CN(C(C)C(=O)Nc2c(Cl)cc(N)cc2Cl)CC1C. The molecule has 3 unspecified atom stereocenters. The Morgan fingerprint density at radius 2 is 1.76 bits per heavy atom. The Morgan fingerprint density at radius 1 is 1.29 bits per heavy atom. The van der Waals surface area contributed by atoms with Crippen molar-refractivity contribution in [2.24, 2.45) is 11.8 Å².